The van der Waals surface area contributed by atoms with E-state index in [4.69, 9.17) is 11.5 Å². The number of hydrogen-bond acceptors (Lipinski definition) is 1. The van der Waals surface area contributed by atoms with Gasteiger partial charge in [-0.2, -0.15) is 0 Å². The minimum Gasteiger partial charge on any atom is -0.370 e. The fraction of sp³-hybridized carbons (Fsp3) is 0.222. The molecular formula is C9H14ClN3. The lowest BCUT2D eigenvalue weighted by Crippen LogP contribution is -2.21. The summed E-state index contributed by atoms with van der Waals surface area (Å²) in [4.78, 5) is 3.97. The number of guanidine groups is 1. The predicted octanol–water partition coefficient (Wildman–Crippen LogP) is 1.63. The van der Waals surface area contributed by atoms with Gasteiger partial charge in [0.15, 0.2) is 5.96 Å². The molecule has 4 N–H and O–H groups in total. The zero-order chi connectivity index (χ0) is 9.14. The maximum absolute atomic E-state index is 5.26. The molecule has 0 spiro atoms. The van der Waals surface area contributed by atoms with Gasteiger partial charge in [0.1, 0.15) is 0 Å². The average Bonchev–Trinajstić information content (AvgIpc) is 1.94. The molecule has 0 unspecified atom stereocenters. The van der Waals surface area contributed by atoms with Gasteiger partial charge in [0.25, 0.3) is 0 Å². The molecule has 0 bridgehead atoms. The first-order valence-corrected chi connectivity index (χ1v) is 3.76. The SMILES string of the molecule is Cc1ccc(N=C(N)N)c(C)c1.Cl. The first-order valence-electron chi connectivity index (χ1n) is 3.76. The van der Waals surface area contributed by atoms with Crippen molar-refractivity contribution in [2.45, 2.75) is 13.8 Å². The smallest absolute Gasteiger partial charge is 0.191 e. The van der Waals surface area contributed by atoms with Gasteiger partial charge in [-0.25, -0.2) is 4.99 Å². The largest absolute Gasteiger partial charge is 0.370 e. The third kappa shape index (κ3) is 3.34. The van der Waals surface area contributed by atoms with E-state index in [-0.39, 0.29) is 18.4 Å². The molecule has 0 aliphatic heterocycles. The van der Waals surface area contributed by atoms with Gasteiger partial charge in [-0.15, -0.1) is 12.4 Å². The Morgan fingerprint density at radius 2 is 1.85 bits per heavy atom. The lowest BCUT2D eigenvalue weighted by molar-refractivity contribution is 1.32. The van der Waals surface area contributed by atoms with Crippen molar-refractivity contribution in [1.29, 1.82) is 0 Å². The maximum atomic E-state index is 5.26. The molecule has 0 radical (unpaired) electrons. The second-order valence-corrected chi connectivity index (χ2v) is 2.83. The third-order valence-electron chi connectivity index (χ3n) is 1.60. The van der Waals surface area contributed by atoms with Gasteiger partial charge in [0, 0.05) is 0 Å². The Labute approximate surface area is 84.3 Å². The van der Waals surface area contributed by atoms with Crippen LogP contribution < -0.4 is 11.5 Å². The highest BCUT2D eigenvalue weighted by molar-refractivity contribution is 5.85. The molecule has 0 saturated carbocycles. The van der Waals surface area contributed by atoms with E-state index in [2.05, 4.69) is 4.99 Å². The van der Waals surface area contributed by atoms with Gasteiger partial charge in [0.05, 0.1) is 5.69 Å². The number of nitrogens with zero attached hydrogens (tertiary/aromatic N) is 1. The highest BCUT2D eigenvalue weighted by Crippen LogP contribution is 2.18. The second kappa shape index (κ2) is 4.72. The summed E-state index contributed by atoms with van der Waals surface area (Å²) in [6.07, 6.45) is 0. The fourth-order valence-electron chi connectivity index (χ4n) is 1.07. The summed E-state index contributed by atoms with van der Waals surface area (Å²) in [5.74, 6) is 0.0990. The van der Waals surface area contributed by atoms with Gasteiger partial charge < -0.3 is 11.5 Å². The van der Waals surface area contributed by atoms with E-state index in [1.807, 2.05) is 32.0 Å². The molecule has 1 aromatic carbocycles. The van der Waals surface area contributed by atoms with E-state index < -0.39 is 0 Å². The van der Waals surface area contributed by atoms with Gasteiger partial charge in [-0.05, 0) is 25.5 Å². The fourth-order valence-corrected chi connectivity index (χ4v) is 1.07. The van der Waals surface area contributed by atoms with Crippen LogP contribution in [0, 0.1) is 13.8 Å². The molecule has 1 rings (SSSR count). The molecule has 0 fully saturated rings. The quantitative estimate of drug-likeness (QED) is 0.534. The molecule has 0 saturated heterocycles. The molecule has 3 nitrogen and oxygen atoms in total. The molecule has 0 aromatic heterocycles. The van der Waals surface area contributed by atoms with E-state index >= 15 is 0 Å². The Morgan fingerprint density at radius 3 is 2.31 bits per heavy atom. The lowest BCUT2D eigenvalue weighted by atomic mass is 10.1. The molecule has 0 atom stereocenters. The van der Waals surface area contributed by atoms with Crippen molar-refractivity contribution in [1.82, 2.24) is 0 Å². The Morgan fingerprint density at radius 1 is 1.23 bits per heavy atom. The Kier molecular flexibility index (Phi) is 4.28. The van der Waals surface area contributed by atoms with Gasteiger partial charge in [-0.1, -0.05) is 17.7 Å². The number of benzene rings is 1. The zero-order valence-corrected chi connectivity index (χ0v) is 8.56. The lowest BCUT2D eigenvalue weighted by Gasteiger charge is -2.01. The Balaban J connectivity index is 0.00000144. The van der Waals surface area contributed by atoms with E-state index in [1.54, 1.807) is 0 Å². The topological polar surface area (TPSA) is 64.4 Å². The monoisotopic (exact) mass is 199 g/mol. The number of hydrogen-bond donors (Lipinski definition) is 2. The van der Waals surface area contributed by atoms with Crippen LogP contribution in [-0.4, -0.2) is 5.96 Å². The van der Waals surface area contributed by atoms with E-state index in [1.165, 1.54) is 5.56 Å². The number of aryl methyl sites for hydroxylation is 2. The van der Waals surface area contributed by atoms with Gasteiger partial charge in [0.2, 0.25) is 0 Å². The molecule has 0 amide bonds. The van der Waals surface area contributed by atoms with Crippen molar-refractivity contribution in [2.75, 3.05) is 0 Å². The Bertz CT molecular complexity index is 317. The van der Waals surface area contributed by atoms with Crippen LogP contribution in [0.1, 0.15) is 11.1 Å². The van der Waals surface area contributed by atoms with E-state index in [9.17, 15) is 0 Å². The van der Waals surface area contributed by atoms with Crippen LogP contribution in [0.3, 0.4) is 0 Å². The zero-order valence-electron chi connectivity index (χ0n) is 7.74. The first-order chi connectivity index (χ1) is 5.59. The second-order valence-electron chi connectivity index (χ2n) is 2.83. The summed E-state index contributed by atoms with van der Waals surface area (Å²) >= 11 is 0. The number of halogens is 1. The van der Waals surface area contributed by atoms with Crippen molar-refractivity contribution in [2.24, 2.45) is 16.5 Å². The van der Waals surface area contributed by atoms with E-state index in [0.717, 1.165) is 11.3 Å². The first kappa shape index (κ1) is 11.8. The number of rotatable bonds is 1. The highest BCUT2D eigenvalue weighted by Gasteiger charge is 1.95. The predicted molar refractivity (Wildman–Crippen MR) is 58.6 cm³/mol. The van der Waals surface area contributed by atoms with Crippen molar-refractivity contribution >= 4 is 24.1 Å². The standard InChI is InChI=1S/C9H13N3.ClH/c1-6-3-4-8(7(2)5-6)12-9(10)11;/h3-5H,1-2H3,(H4,10,11,12);1H. The van der Waals surface area contributed by atoms with Crippen LogP contribution in [0.25, 0.3) is 0 Å². The molecule has 0 aliphatic carbocycles. The van der Waals surface area contributed by atoms with Crippen molar-refractivity contribution in [3.63, 3.8) is 0 Å². The summed E-state index contributed by atoms with van der Waals surface area (Å²) in [7, 11) is 0. The average molecular weight is 200 g/mol. The summed E-state index contributed by atoms with van der Waals surface area (Å²) in [6.45, 7) is 4.01. The normalized spacial score (nSPS) is 8.77. The van der Waals surface area contributed by atoms with Crippen molar-refractivity contribution in [3.05, 3.63) is 29.3 Å². The van der Waals surface area contributed by atoms with Crippen LogP contribution in [0.5, 0.6) is 0 Å². The molecule has 72 valence electrons. The van der Waals surface area contributed by atoms with Crippen LogP contribution in [-0.2, 0) is 0 Å². The van der Waals surface area contributed by atoms with Crippen molar-refractivity contribution < 1.29 is 0 Å². The molecular weight excluding hydrogens is 186 g/mol. The van der Waals surface area contributed by atoms with E-state index in [0.29, 0.717) is 0 Å². The van der Waals surface area contributed by atoms with Crippen molar-refractivity contribution in [3.8, 4) is 0 Å². The highest BCUT2D eigenvalue weighted by atomic mass is 35.5. The van der Waals surface area contributed by atoms with Crippen LogP contribution in [0.2, 0.25) is 0 Å². The minimum atomic E-state index is 0. The molecule has 0 aliphatic rings. The van der Waals surface area contributed by atoms with Gasteiger partial charge >= 0.3 is 0 Å². The molecule has 13 heavy (non-hydrogen) atoms. The summed E-state index contributed by atoms with van der Waals surface area (Å²) in [5.41, 5.74) is 13.6. The molecule has 1 aromatic rings. The minimum absolute atomic E-state index is 0. The Hall–Kier alpha value is -1.22. The summed E-state index contributed by atoms with van der Waals surface area (Å²) < 4.78 is 0. The van der Waals surface area contributed by atoms with Gasteiger partial charge in [-0.3, -0.25) is 0 Å². The van der Waals surface area contributed by atoms with Crippen LogP contribution in [0.4, 0.5) is 5.69 Å². The summed E-state index contributed by atoms with van der Waals surface area (Å²) in [6, 6.07) is 5.93. The number of nitrogens with two attached hydrogens (primary N) is 2. The summed E-state index contributed by atoms with van der Waals surface area (Å²) in [5, 5.41) is 0. The molecule has 4 heteroatoms. The maximum Gasteiger partial charge on any atom is 0.191 e. The van der Waals surface area contributed by atoms with Crippen LogP contribution in [0.15, 0.2) is 23.2 Å². The number of aliphatic imine (C=N–C) groups is 1. The molecule has 0 heterocycles. The van der Waals surface area contributed by atoms with Crippen LogP contribution >= 0.6 is 12.4 Å². The third-order valence-corrected chi connectivity index (χ3v) is 1.60.